The zero-order valence-corrected chi connectivity index (χ0v) is 10.6. The molecule has 0 aromatic heterocycles. The van der Waals surface area contributed by atoms with Crippen molar-refractivity contribution >= 4 is 17.5 Å². The maximum absolute atomic E-state index is 12.3. The van der Waals surface area contributed by atoms with Crippen molar-refractivity contribution in [1.29, 1.82) is 0 Å². The van der Waals surface area contributed by atoms with E-state index in [9.17, 15) is 9.90 Å². The topological polar surface area (TPSA) is 40.5 Å². The quantitative estimate of drug-likeness (QED) is 0.878. The van der Waals surface area contributed by atoms with Crippen LogP contribution in [0.5, 0.6) is 0 Å². The van der Waals surface area contributed by atoms with Crippen LogP contribution in [0.1, 0.15) is 28.8 Å². The minimum atomic E-state index is -0.0773. The molecule has 1 aromatic carbocycles. The van der Waals surface area contributed by atoms with Gasteiger partial charge in [-0.05, 0) is 37.5 Å². The Morgan fingerprint density at radius 2 is 2.35 bits per heavy atom. The fraction of sp³-hybridized carbons (Fsp3) is 0.462. The second kappa shape index (κ2) is 5.07. The van der Waals surface area contributed by atoms with Crippen LogP contribution in [-0.2, 0) is 0 Å². The van der Waals surface area contributed by atoms with Gasteiger partial charge in [0.2, 0.25) is 0 Å². The fourth-order valence-corrected chi connectivity index (χ4v) is 2.56. The van der Waals surface area contributed by atoms with Crippen molar-refractivity contribution in [2.75, 3.05) is 13.2 Å². The lowest BCUT2D eigenvalue weighted by Gasteiger charge is -2.23. The Labute approximate surface area is 106 Å². The second-order valence-corrected chi connectivity index (χ2v) is 4.87. The predicted molar refractivity (Wildman–Crippen MR) is 67.3 cm³/mol. The van der Waals surface area contributed by atoms with Gasteiger partial charge in [-0.3, -0.25) is 4.79 Å². The SMILES string of the molecule is Cc1ccc(C(=O)N2CCC[C@@H]2CO)c(Cl)c1. The molecule has 1 aromatic rings. The molecule has 0 saturated carbocycles. The molecule has 1 amide bonds. The normalized spacial score (nSPS) is 19.7. The largest absolute Gasteiger partial charge is 0.394 e. The molecule has 1 aliphatic heterocycles. The van der Waals surface area contributed by atoms with E-state index in [0.717, 1.165) is 18.4 Å². The van der Waals surface area contributed by atoms with Crippen LogP contribution in [0.4, 0.5) is 0 Å². The molecule has 1 atom stereocenters. The summed E-state index contributed by atoms with van der Waals surface area (Å²) < 4.78 is 0. The van der Waals surface area contributed by atoms with Gasteiger partial charge in [-0.1, -0.05) is 17.7 Å². The Balaban J connectivity index is 2.24. The summed E-state index contributed by atoms with van der Waals surface area (Å²) in [6.45, 7) is 2.66. The number of carbonyl (C=O) groups excluding carboxylic acids is 1. The van der Waals surface area contributed by atoms with Crippen LogP contribution in [0.15, 0.2) is 18.2 Å². The van der Waals surface area contributed by atoms with Crippen molar-refractivity contribution in [2.45, 2.75) is 25.8 Å². The Morgan fingerprint density at radius 3 is 3.00 bits per heavy atom. The molecule has 0 bridgehead atoms. The van der Waals surface area contributed by atoms with E-state index in [1.54, 1.807) is 17.0 Å². The van der Waals surface area contributed by atoms with E-state index in [-0.39, 0.29) is 18.6 Å². The first-order valence-corrected chi connectivity index (χ1v) is 6.19. The van der Waals surface area contributed by atoms with Gasteiger partial charge in [-0.15, -0.1) is 0 Å². The molecule has 3 nitrogen and oxygen atoms in total. The highest BCUT2D eigenvalue weighted by atomic mass is 35.5. The van der Waals surface area contributed by atoms with E-state index in [0.29, 0.717) is 17.1 Å². The minimum Gasteiger partial charge on any atom is -0.394 e. The summed E-state index contributed by atoms with van der Waals surface area (Å²) in [5.41, 5.74) is 1.56. The van der Waals surface area contributed by atoms with Crippen LogP contribution < -0.4 is 0 Å². The van der Waals surface area contributed by atoms with Gasteiger partial charge in [0.25, 0.3) is 5.91 Å². The molecule has 17 heavy (non-hydrogen) atoms. The molecular weight excluding hydrogens is 238 g/mol. The number of likely N-dealkylation sites (tertiary alicyclic amines) is 1. The first-order valence-electron chi connectivity index (χ1n) is 5.81. The van der Waals surface area contributed by atoms with Crippen molar-refractivity contribution in [1.82, 2.24) is 4.90 Å². The van der Waals surface area contributed by atoms with Gasteiger partial charge >= 0.3 is 0 Å². The summed E-state index contributed by atoms with van der Waals surface area (Å²) >= 11 is 6.08. The molecule has 0 unspecified atom stereocenters. The van der Waals surface area contributed by atoms with Crippen molar-refractivity contribution in [3.63, 3.8) is 0 Å². The molecule has 0 aliphatic carbocycles. The Hall–Kier alpha value is -1.06. The number of benzene rings is 1. The maximum atomic E-state index is 12.3. The maximum Gasteiger partial charge on any atom is 0.255 e. The Bertz CT molecular complexity index is 433. The highest BCUT2D eigenvalue weighted by Gasteiger charge is 2.29. The van der Waals surface area contributed by atoms with E-state index in [1.165, 1.54) is 0 Å². The van der Waals surface area contributed by atoms with Crippen LogP contribution >= 0.6 is 11.6 Å². The van der Waals surface area contributed by atoms with Crippen molar-refractivity contribution in [3.8, 4) is 0 Å². The van der Waals surface area contributed by atoms with Gasteiger partial charge < -0.3 is 10.0 Å². The third-order valence-electron chi connectivity index (χ3n) is 3.20. The summed E-state index contributed by atoms with van der Waals surface area (Å²) in [5.74, 6) is -0.0773. The van der Waals surface area contributed by atoms with E-state index in [1.807, 2.05) is 13.0 Å². The third-order valence-corrected chi connectivity index (χ3v) is 3.52. The second-order valence-electron chi connectivity index (χ2n) is 4.46. The first-order chi connectivity index (χ1) is 8.13. The number of aliphatic hydroxyl groups is 1. The molecule has 92 valence electrons. The standard InChI is InChI=1S/C13H16ClNO2/c1-9-4-5-11(12(14)7-9)13(17)15-6-2-3-10(15)8-16/h4-5,7,10,16H,2-3,6,8H2,1H3/t10-/m1/s1. The van der Waals surface area contributed by atoms with Gasteiger partial charge in [0.15, 0.2) is 0 Å². The van der Waals surface area contributed by atoms with Crippen LogP contribution in [0.25, 0.3) is 0 Å². The number of aryl methyl sites for hydroxylation is 1. The predicted octanol–water partition coefficient (Wildman–Crippen LogP) is 2.25. The number of nitrogens with zero attached hydrogens (tertiary/aromatic N) is 1. The molecule has 1 N–H and O–H groups in total. The highest BCUT2D eigenvalue weighted by Crippen LogP contribution is 2.24. The van der Waals surface area contributed by atoms with Crippen molar-refractivity contribution < 1.29 is 9.90 Å². The Kier molecular flexibility index (Phi) is 3.69. The van der Waals surface area contributed by atoms with Gasteiger partial charge in [-0.2, -0.15) is 0 Å². The Morgan fingerprint density at radius 1 is 1.59 bits per heavy atom. The number of amides is 1. The summed E-state index contributed by atoms with van der Waals surface area (Å²) in [5, 5.41) is 9.70. The minimum absolute atomic E-state index is 0.0230. The molecule has 2 rings (SSSR count). The molecule has 0 spiro atoms. The molecule has 1 fully saturated rings. The highest BCUT2D eigenvalue weighted by molar-refractivity contribution is 6.33. The van der Waals surface area contributed by atoms with Crippen molar-refractivity contribution in [3.05, 3.63) is 34.3 Å². The van der Waals surface area contributed by atoms with Crippen LogP contribution in [0.2, 0.25) is 5.02 Å². The summed E-state index contributed by atoms with van der Waals surface area (Å²) in [4.78, 5) is 14.0. The lowest BCUT2D eigenvalue weighted by Crippen LogP contribution is -2.37. The lowest BCUT2D eigenvalue weighted by molar-refractivity contribution is 0.0678. The molecule has 4 heteroatoms. The zero-order chi connectivity index (χ0) is 12.4. The van der Waals surface area contributed by atoms with E-state index >= 15 is 0 Å². The van der Waals surface area contributed by atoms with E-state index in [4.69, 9.17) is 11.6 Å². The van der Waals surface area contributed by atoms with Gasteiger partial charge in [0.05, 0.1) is 23.2 Å². The zero-order valence-electron chi connectivity index (χ0n) is 9.82. The summed E-state index contributed by atoms with van der Waals surface area (Å²) in [7, 11) is 0. The average molecular weight is 254 g/mol. The number of carbonyl (C=O) groups is 1. The van der Waals surface area contributed by atoms with Crippen LogP contribution in [-0.4, -0.2) is 35.1 Å². The number of hydrogen-bond donors (Lipinski definition) is 1. The van der Waals surface area contributed by atoms with Crippen LogP contribution in [0.3, 0.4) is 0 Å². The molecule has 1 saturated heterocycles. The van der Waals surface area contributed by atoms with E-state index < -0.39 is 0 Å². The molecule has 0 radical (unpaired) electrons. The van der Waals surface area contributed by atoms with Gasteiger partial charge in [0.1, 0.15) is 0 Å². The average Bonchev–Trinajstić information content (AvgIpc) is 2.76. The fourth-order valence-electron chi connectivity index (χ4n) is 2.24. The smallest absolute Gasteiger partial charge is 0.255 e. The molecule has 1 aliphatic rings. The number of halogens is 1. The summed E-state index contributed by atoms with van der Waals surface area (Å²) in [6, 6.07) is 5.37. The molecule has 1 heterocycles. The van der Waals surface area contributed by atoms with Crippen molar-refractivity contribution in [2.24, 2.45) is 0 Å². The summed E-state index contributed by atoms with van der Waals surface area (Å²) in [6.07, 6.45) is 1.81. The monoisotopic (exact) mass is 253 g/mol. The van der Waals surface area contributed by atoms with Gasteiger partial charge in [0, 0.05) is 6.54 Å². The number of hydrogen-bond acceptors (Lipinski definition) is 2. The van der Waals surface area contributed by atoms with Crippen LogP contribution in [0, 0.1) is 6.92 Å². The molecular formula is C13H16ClNO2. The first kappa shape index (κ1) is 12.4. The van der Waals surface area contributed by atoms with Gasteiger partial charge in [-0.25, -0.2) is 0 Å². The lowest BCUT2D eigenvalue weighted by atomic mass is 10.1. The number of rotatable bonds is 2. The number of aliphatic hydroxyl groups excluding tert-OH is 1. The third kappa shape index (κ3) is 2.45. The van der Waals surface area contributed by atoms with E-state index in [2.05, 4.69) is 0 Å².